The number of nitrogens with zero attached hydrogens (tertiary/aromatic N) is 1. The number of pyridine rings is 1. The van der Waals surface area contributed by atoms with Gasteiger partial charge in [-0.2, -0.15) is 0 Å². The summed E-state index contributed by atoms with van der Waals surface area (Å²) >= 11 is 3.20. The molecule has 2 N–H and O–H groups in total. The van der Waals surface area contributed by atoms with Gasteiger partial charge in [0.25, 0.3) is 5.91 Å². The molecule has 0 saturated carbocycles. The SMILES string of the molecule is CCCc1ccc(Br)nc1C(N)=O. The van der Waals surface area contributed by atoms with E-state index in [1.807, 2.05) is 19.1 Å². The molecular weight excluding hydrogens is 232 g/mol. The first-order valence-corrected chi connectivity index (χ1v) is 4.89. The van der Waals surface area contributed by atoms with Crippen molar-refractivity contribution in [3.05, 3.63) is 28.0 Å². The molecule has 0 aliphatic rings. The molecular formula is C9H11BrN2O. The molecule has 0 aliphatic carbocycles. The van der Waals surface area contributed by atoms with Crippen LogP contribution in [0.5, 0.6) is 0 Å². The minimum Gasteiger partial charge on any atom is -0.364 e. The van der Waals surface area contributed by atoms with E-state index >= 15 is 0 Å². The number of aryl methyl sites for hydroxylation is 1. The molecule has 1 heterocycles. The zero-order valence-corrected chi connectivity index (χ0v) is 8.97. The Morgan fingerprint density at radius 2 is 2.31 bits per heavy atom. The predicted octanol–water partition coefficient (Wildman–Crippen LogP) is 1.90. The second-order valence-corrected chi connectivity index (χ2v) is 3.57. The lowest BCUT2D eigenvalue weighted by Crippen LogP contribution is -2.16. The Kier molecular flexibility index (Phi) is 3.42. The van der Waals surface area contributed by atoms with Crippen LogP contribution in [-0.2, 0) is 6.42 Å². The highest BCUT2D eigenvalue weighted by atomic mass is 79.9. The highest BCUT2D eigenvalue weighted by Gasteiger charge is 2.09. The van der Waals surface area contributed by atoms with E-state index in [1.54, 1.807) is 0 Å². The van der Waals surface area contributed by atoms with Crippen molar-refractivity contribution in [2.75, 3.05) is 0 Å². The van der Waals surface area contributed by atoms with Gasteiger partial charge in [-0.1, -0.05) is 19.4 Å². The molecule has 1 amide bonds. The average molecular weight is 243 g/mol. The Morgan fingerprint density at radius 1 is 1.62 bits per heavy atom. The van der Waals surface area contributed by atoms with Crippen molar-refractivity contribution < 1.29 is 4.79 Å². The van der Waals surface area contributed by atoms with Crippen LogP contribution in [0.1, 0.15) is 29.4 Å². The summed E-state index contributed by atoms with van der Waals surface area (Å²) in [5, 5.41) is 0. The fourth-order valence-corrected chi connectivity index (χ4v) is 1.46. The zero-order chi connectivity index (χ0) is 9.84. The van der Waals surface area contributed by atoms with Crippen LogP contribution in [0.15, 0.2) is 16.7 Å². The van der Waals surface area contributed by atoms with E-state index in [2.05, 4.69) is 20.9 Å². The van der Waals surface area contributed by atoms with Gasteiger partial charge < -0.3 is 5.73 Å². The fourth-order valence-electron chi connectivity index (χ4n) is 1.15. The predicted molar refractivity (Wildman–Crippen MR) is 54.4 cm³/mol. The summed E-state index contributed by atoms with van der Waals surface area (Å²) < 4.78 is 0.640. The van der Waals surface area contributed by atoms with E-state index in [0.29, 0.717) is 10.3 Å². The maximum Gasteiger partial charge on any atom is 0.267 e. The number of rotatable bonds is 3. The number of primary amides is 1. The van der Waals surface area contributed by atoms with Crippen molar-refractivity contribution >= 4 is 21.8 Å². The number of carbonyl (C=O) groups is 1. The first-order chi connectivity index (χ1) is 6.15. The van der Waals surface area contributed by atoms with Gasteiger partial charge >= 0.3 is 0 Å². The Morgan fingerprint density at radius 3 is 2.85 bits per heavy atom. The lowest BCUT2D eigenvalue weighted by molar-refractivity contribution is 0.0994. The first-order valence-electron chi connectivity index (χ1n) is 4.10. The van der Waals surface area contributed by atoms with E-state index in [1.165, 1.54) is 0 Å². The molecule has 1 aromatic rings. The van der Waals surface area contributed by atoms with Crippen molar-refractivity contribution in [1.29, 1.82) is 0 Å². The van der Waals surface area contributed by atoms with Crippen LogP contribution >= 0.6 is 15.9 Å². The Hall–Kier alpha value is -0.900. The Balaban J connectivity index is 3.10. The number of carbonyl (C=O) groups excluding carboxylic acids is 1. The standard InChI is InChI=1S/C9H11BrN2O/c1-2-3-6-4-5-7(10)12-8(6)9(11)13/h4-5H,2-3H2,1H3,(H2,11,13). The van der Waals surface area contributed by atoms with E-state index in [4.69, 9.17) is 5.73 Å². The average Bonchev–Trinajstić information content (AvgIpc) is 2.08. The van der Waals surface area contributed by atoms with Crippen LogP contribution in [0.25, 0.3) is 0 Å². The molecule has 13 heavy (non-hydrogen) atoms. The van der Waals surface area contributed by atoms with Gasteiger partial charge in [0, 0.05) is 0 Å². The Bertz CT molecular complexity index is 325. The van der Waals surface area contributed by atoms with E-state index in [9.17, 15) is 4.79 Å². The number of halogens is 1. The van der Waals surface area contributed by atoms with Gasteiger partial charge in [0.15, 0.2) is 0 Å². The number of aromatic nitrogens is 1. The smallest absolute Gasteiger partial charge is 0.267 e. The van der Waals surface area contributed by atoms with Crippen molar-refractivity contribution in [2.45, 2.75) is 19.8 Å². The molecule has 0 aromatic carbocycles. The lowest BCUT2D eigenvalue weighted by atomic mass is 10.1. The summed E-state index contributed by atoms with van der Waals surface area (Å²) in [7, 11) is 0. The van der Waals surface area contributed by atoms with Gasteiger partial charge in [-0.25, -0.2) is 4.98 Å². The molecule has 1 rings (SSSR count). The van der Waals surface area contributed by atoms with Crippen LogP contribution in [0.3, 0.4) is 0 Å². The van der Waals surface area contributed by atoms with Crippen molar-refractivity contribution in [2.24, 2.45) is 5.73 Å². The van der Waals surface area contributed by atoms with Crippen LogP contribution in [-0.4, -0.2) is 10.9 Å². The topological polar surface area (TPSA) is 56.0 Å². The Labute approximate surface area is 85.5 Å². The van der Waals surface area contributed by atoms with Gasteiger partial charge in [-0.05, 0) is 34.0 Å². The van der Waals surface area contributed by atoms with E-state index in [0.717, 1.165) is 18.4 Å². The van der Waals surface area contributed by atoms with Crippen LogP contribution in [0, 0.1) is 0 Å². The summed E-state index contributed by atoms with van der Waals surface area (Å²) in [6.45, 7) is 2.05. The fraction of sp³-hybridized carbons (Fsp3) is 0.333. The van der Waals surface area contributed by atoms with Gasteiger partial charge in [0.05, 0.1) is 0 Å². The number of amides is 1. The largest absolute Gasteiger partial charge is 0.364 e. The van der Waals surface area contributed by atoms with Crippen molar-refractivity contribution in [3.63, 3.8) is 0 Å². The number of hydrogen-bond donors (Lipinski definition) is 1. The maximum absolute atomic E-state index is 11.0. The summed E-state index contributed by atoms with van der Waals surface area (Å²) in [4.78, 5) is 15.0. The summed E-state index contributed by atoms with van der Waals surface area (Å²) in [5.74, 6) is -0.468. The second-order valence-electron chi connectivity index (χ2n) is 2.76. The van der Waals surface area contributed by atoms with Gasteiger partial charge in [0.2, 0.25) is 0 Å². The quantitative estimate of drug-likeness (QED) is 0.824. The highest BCUT2D eigenvalue weighted by molar-refractivity contribution is 9.10. The zero-order valence-electron chi connectivity index (χ0n) is 7.38. The molecule has 0 unspecified atom stereocenters. The van der Waals surface area contributed by atoms with E-state index in [-0.39, 0.29) is 0 Å². The highest BCUT2D eigenvalue weighted by Crippen LogP contribution is 2.13. The summed E-state index contributed by atoms with van der Waals surface area (Å²) in [6.07, 6.45) is 1.81. The van der Waals surface area contributed by atoms with Crippen LogP contribution in [0.2, 0.25) is 0 Å². The molecule has 4 heteroatoms. The third kappa shape index (κ3) is 2.52. The molecule has 1 aromatic heterocycles. The third-order valence-electron chi connectivity index (χ3n) is 1.70. The van der Waals surface area contributed by atoms with Gasteiger partial charge in [-0.3, -0.25) is 4.79 Å². The maximum atomic E-state index is 11.0. The van der Waals surface area contributed by atoms with Crippen molar-refractivity contribution in [3.8, 4) is 0 Å². The first kappa shape index (κ1) is 10.2. The number of hydrogen-bond acceptors (Lipinski definition) is 2. The molecule has 0 atom stereocenters. The summed E-state index contributed by atoms with van der Waals surface area (Å²) in [6, 6.07) is 3.69. The molecule has 0 fully saturated rings. The molecule has 0 bridgehead atoms. The monoisotopic (exact) mass is 242 g/mol. The second kappa shape index (κ2) is 4.37. The molecule has 0 radical (unpaired) electrons. The molecule has 70 valence electrons. The molecule has 0 saturated heterocycles. The third-order valence-corrected chi connectivity index (χ3v) is 2.14. The normalized spacial score (nSPS) is 10.0. The molecule has 0 aliphatic heterocycles. The van der Waals surface area contributed by atoms with Gasteiger partial charge in [0.1, 0.15) is 10.3 Å². The van der Waals surface area contributed by atoms with Gasteiger partial charge in [-0.15, -0.1) is 0 Å². The molecule has 0 spiro atoms. The van der Waals surface area contributed by atoms with Crippen LogP contribution < -0.4 is 5.73 Å². The lowest BCUT2D eigenvalue weighted by Gasteiger charge is -2.04. The minimum absolute atomic E-state index is 0.372. The molecule has 3 nitrogen and oxygen atoms in total. The van der Waals surface area contributed by atoms with Crippen LogP contribution in [0.4, 0.5) is 0 Å². The minimum atomic E-state index is -0.468. The summed E-state index contributed by atoms with van der Waals surface area (Å²) in [5.41, 5.74) is 6.48. The van der Waals surface area contributed by atoms with Crippen molar-refractivity contribution in [1.82, 2.24) is 4.98 Å². The van der Waals surface area contributed by atoms with E-state index < -0.39 is 5.91 Å². The number of nitrogens with two attached hydrogens (primary N) is 1.